The monoisotopic (exact) mass is 446 g/mol. The highest BCUT2D eigenvalue weighted by atomic mass is 16.6. The Morgan fingerprint density at radius 1 is 1.19 bits per heavy atom. The van der Waals surface area contributed by atoms with Gasteiger partial charge in [-0.3, -0.25) is 14.9 Å². The molecule has 176 valence electrons. The van der Waals surface area contributed by atoms with Gasteiger partial charge in [-0.15, -0.1) is 0 Å². The van der Waals surface area contributed by atoms with Crippen LogP contribution in [0.3, 0.4) is 0 Å². The number of nitrogens with zero attached hydrogens (tertiary/aromatic N) is 4. The summed E-state index contributed by atoms with van der Waals surface area (Å²) in [7, 11) is 0. The zero-order valence-corrected chi connectivity index (χ0v) is 18.8. The van der Waals surface area contributed by atoms with Crippen LogP contribution in [0.1, 0.15) is 64.7 Å². The molecule has 0 atom stereocenters. The summed E-state index contributed by atoms with van der Waals surface area (Å²) >= 11 is 0. The number of aromatic nitrogens is 2. The SMILES string of the molecule is CC1(Nc2ncc([N+](=O)[O-])c(N[C@H]3CC[C@H](C(=O)N4CCCCC4)CC3)n2)CCOCC1. The van der Waals surface area contributed by atoms with Crippen LogP contribution >= 0.6 is 0 Å². The van der Waals surface area contributed by atoms with E-state index in [1.54, 1.807) is 0 Å². The number of hydrogen-bond donors (Lipinski definition) is 2. The maximum absolute atomic E-state index is 12.8. The summed E-state index contributed by atoms with van der Waals surface area (Å²) in [5.41, 5.74) is -0.322. The van der Waals surface area contributed by atoms with E-state index < -0.39 is 4.92 Å². The smallest absolute Gasteiger partial charge is 0.329 e. The zero-order valence-electron chi connectivity index (χ0n) is 18.8. The predicted molar refractivity (Wildman–Crippen MR) is 121 cm³/mol. The predicted octanol–water partition coefficient (Wildman–Crippen LogP) is 3.35. The first-order valence-corrected chi connectivity index (χ1v) is 11.9. The maximum Gasteiger partial charge on any atom is 0.329 e. The highest BCUT2D eigenvalue weighted by molar-refractivity contribution is 5.79. The van der Waals surface area contributed by atoms with E-state index in [9.17, 15) is 14.9 Å². The van der Waals surface area contributed by atoms with E-state index in [1.165, 1.54) is 12.6 Å². The van der Waals surface area contributed by atoms with Gasteiger partial charge in [0.05, 0.1) is 4.92 Å². The molecule has 10 heteroatoms. The van der Waals surface area contributed by atoms with Crippen LogP contribution in [0.2, 0.25) is 0 Å². The average molecular weight is 447 g/mol. The number of amides is 1. The molecule has 1 amide bonds. The number of carbonyl (C=O) groups excluding carboxylic acids is 1. The van der Waals surface area contributed by atoms with Gasteiger partial charge in [0, 0.05) is 43.8 Å². The van der Waals surface area contributed by atoms with Crippen molar-refractivity contribution in [3.63, 3.8) is 0 Å². The highest BCUT2D eigenvalue weighted by Gasteiger charge is 2.32. The Kier molecular flexibility index (Phi) is 7.07. The zero-order chi connectivity index (χ0) is 22.6. The highest BCUT2D eigenvalue weighted by Crippen LogP contribution is 2.32. The number of ether oxygens (including phenoxy) is 1. The van der Waals surface area contributed by atoms with Crippen molar-refractivity contribution >= 4 is 23.4 Å². The van der Waals surface area contributed by atoms with E-state index in [0.717, 1.165) is 64.5 Å². The Morgan fingerprint density at radius 3 is 2.53 bits per heavy atom. The second-order valence-corrected chi connectivity index (χ2v) is 9.56. The van der Waals surface area contributed by atoms with Crippen molar-refractivity contribution < 1.29 is 14.5 Å². The fourth-order valence-corrected chi connectivity index (χ4v) is 4.94. The summed E-state index contributed by atoms with van der Waals surface area (Å²) in [6.45, 7) is 5.19. The van der Waals surface area contributed by atoms with Crippen molar-refractivity contribution in [2.45, 2.75) is 76.3 Å². The molecule has 0 unspecified atom stereocenters. The normalized spacial score (nSPS) is 25.7. The van der Waals surface area contributed by atoms with Gasteiger partial charge in [0.2, 0.25) is 17.7 Å². The lowest BCUT2D eigenvalue weighted by atomic mass is 9.84. The second-order valence-electron chi connectivity index (χ2n) is 9.56. The summed E-state index contributed by atoms with van der Waals surface area (Å²) < 4.78 is 5.43. The van der Waals surface area contributed by atoms with Gasteiger partial charge >= 0.3 is 5.69 Å². The lowest BCUT2D eigenvalue weighted by Gasteiger charge is -2.35. The number of carbonyl (C=O) groups is 1. The molecule has 32 heavy (non-hydrogen) atoms. The third-order valence-electron chi connectivity index (χ3n) is 7.06. The Labute approximate surface area is 188 Å². The molecule has 0 spiro atoms. The third-order valence-corrected chi connectivity index (χ3v) is 7.06. The largest absolute Gasteiger partial charge is 0.381 e. The molecule has 3 fully saturated rings. The number of hydrogen-bond acceptors (Lipinski definition) is 8. The summed E-state index contributed by atoms with van der Waals surface area (Å²) in [6, 6.07) is 0.0560. The fourth-order valence-electron chi connectivity index (χ4n) is 4.94. The first kappa shape index (κ1) is 22.7. The molecule has 2 saturated heterocycles. The molecule has 0 aromatic carbocycles. The number of likely N-dealkylation sites (tertiary alicyclic amines) is 1. The van der Waals surface area contributed by atoms with E-state index in [-0.39, 0.29) is 34.9 Å². The van der Waals surface area contributed by atoms with Crippen molar-refractivity contribution in [1.29, 1.82) is 0 Å². The molecule has 3 heterocycles. The minimum Gasteiger partial charge on any atom is -0.381 e. The first-order chi connectivity index (χ1) is 15.4. The fraction of sp³-hybridized carbons (Fsp3) is 0.773. The van der Waals surface area contributed by atoms with Crippen LogP contribution in [0, 0.1) is 16.0 Å². The van der Waals surface area contributed by atoms with Gasteiger partial charge in [0.15, 0.2) is 0 Å². The molecule has 1 saturated carbocycles. The third kappa shape index (κ3) is 5.46. The Morgan fingerprint density at radius 2 is 1.88 bits per heavy atom. The lowest BCUT2D eigenvalue weighted by Crippen LogP contribution is -2.42. The minimum absolute atomic E-state index is 0.0560. The molecular formula is C22H34N6O4. The van der Waals surface area contributed by atoms with Gasteiger partial charge in [0.25, 0.3) is 0 Å². The van der Waals surface area contributed by atoms with Crippen LogP contribution in [-0.4, -0.2) is 63.6 Å². The van der Waals surface area contributed by atoms with Crippen LogP contribution in [0.25, 0.3) is 0 Å². The summed E-state index contributed by atoms with van der Waals surface area (Å²) in [4.78, 5) is 34.6. The second kappa shape index (κ2) is 9.97. The number of rotatable bonds is 6. The molecule has 3 aliphatic rings. The molecular weight excluding hydrogens is 412 g/mol. The quantitative estimate of drug-likeness (QED) is 0.504. The Bertz CT molecular complexity index is 815. The number of piperidine rings is 1. The molecule has 1 aromatic heterocycles. The van der Waals surface area contributed by atoms with E-state index in [0.29, 0.717) is 19.2 Å². The Balaban J connectivity index is 1.38. The first-order valence-electron chi connectivity index (χ1n) is 11.9. The molecule has 1 aromatic rings. The molecule has 1 aliphatic carbocycles. The van der Waals surface area contributed by atoms with Crippen molar-refractivity contribution in [3.05, 3.63) is 16.3 Å². The van der Waals surface area contributed by atoms with Crippen molar-refractivity contribution in [2.75, 3.05) is 36.9 Å². The number of nitrogens with one attached hydrogen (secondary N) is 2. The standard InChI is InChI=1S/C22H34N6O4/c1-22(9-13-32-14-10-22)26-21-23-15-18(28(30)31)19(25-21)24-17-7-5-16(6-8-17)20(29)27-11-3-2-4-12-27/h15-17H,2-14H2,1H3,(H2,23,24,25,26)/t16-,17-. The molecule has 10 nitrogen and oxygen atoms in total. The van der Waals surface area contributed by atoms with E-state index >= 15 is 0 Å². The summed E-state index contributed by atoms with van der Waals surface area (Å²) in [5.74, 6) is 0.981. The van der Waals surface area contributed by atoms with Gasteiger partial charge < -0.3 is 20.3 Å². The summed E-state index contributed by atoms with van der Waals surface area (Å²) in [6.07, 6.45) is 9.52. The van der Waals surface area contributed by atoms with Gasteiger partial charge in [-0.05, 0) is 64.7 Å². The van der Waals surface area contributed by atoms with E-state index in [1.807, 2.05) is 4.90 Å². The molecule has 2 N–H and O–H groups in total. The number of nitro groups is 1. The number of anilines is 2. The van der Waals surface area contributed by atoms with E-state index in [4.69, 9.17) is 4.74 Å². The van der Waals surface area contributed by atoms with E-state index in [2.05, 4.69) is 27.5 Å². The van der Waals surface area contributed by atoms with Crippen LogP contribution in [0.5, 0.6) is 0 Å². The van der Waals surface area contributed by atoms with Crippen LogP contribution in [0.4, 0.5) is 17.5 Å². The topological polar surface area (TPSA) is 123 Å². The minimum atomic E-state index is -0.451. The Hall–Kier alpha value is -2.49. The van der Waals surface area contributed by atoms with Gasteiger partial charge in [-0.25, -0.2) is 4.98 Å². The van der Waals surface area contributed by atoms with Crippen LogP contribution < -0.4 is 10.6 Å². The van der Waals surface area contributed by atoms with Gasteiger partial charge in [0.1, 0.15) is 6.20 Å². The lowest BCUT2D eigenvalue weighted by molar-refractivity contribution is -0.384. The van der Waals surface area contributed by atoms with Crippen molar-refractivity contribution in [2.24, 2.45) is 5.92 Å². The molecule has 0 bridgehead atoms. The average Bonchev–Trinajstić information content (AvgIpc) is 2.80. The van der Waals surface area contributed by atoms with Crippen LogP contribution in [-0.2, 0) is 9.53 Å². The van der Waals surface area contributed by atoms with Crippen molar-refractivity contribution in [1.82, 2.24) is 14.9 Å². The van der Waals surface area contributed by atoms with Crippen molar-refractivity contribution in [3.8, 4) is 0 Å². The molecule has 0 radical (unpaired) electrons. The van der Waals surface area contributed by atoms with Crippen LogP contribution in [0.15, 0.2) is 6.20 Å². The van der Waals surface area contributed by atoms with Gasteiger partial charge in [-0.2, -0.15) is 4.98 Å². The van der Waals surface area contributed by atoms with Gasteiger partial charge in [-0.1, -0.05) is 0 Å². The molecule has 2 aliphatic heterocycles. The molecule has 4 rings (SSSR count). The summed E-state index contributed by atoms with van der Waals surface area (Å²) in [5, 5.41) is 18.2. The maximum atomic E-state index is 12.8.